The van der Waals surface area contributed by atoms with Crippen LogP contribution in [0.2, 0.25) is 0 Å². The highest BCUT2D eigenvalue weighted by Crippen LogP contribution is 2.39. The molecule has 0 aliphatic carbocycles. The molecule has 0 bridgehead atoms. The number of aryl methyl sites for hydroxylation is 2. The van der Waals surface area contributed by atoms with Gasteiger partial charge in [0.15, 0.2) is 0 Å². The molecule has 0 saturated carbocycles. The van der Waals surface area contributed by atoms with E-state index in [0.29, 0.717) is 57.5 Å². The molecule has 0 unspecified atom stereocenters. The summed E-state index contributed by atoms with van der Waals surface area (Å²) in [5.41, 5.74) is 1.73. The van der Waals surface area contributed by atoms with E-state index >= 15 is 0 Å². The van der Waals surface area contributed by atoms with Gasteiger partial charge in [0.1, 0.15) is 12.0 Å². The number of nitrogens with zero attached hydrogens (tertiary/aromatic N) is 3. The fraction of sp³-hybridized carbons (Fsp3) is 0.423. The van der Waals surface area contributed by atoms with Gasteiger partial charge in [0.2, 0.25) is 15.9 Å². The van der Waals surface area contributed by atoms with E-state index in [1.165, 1.54) is 22.3 Å². The Bertz CT molecular complexity index is 1610. The normalized spacial score (nSPS) is 15.6. The molecular weight excluding hydrogens is 544 g/mol. The first-order chi connectivity index (χ1) is 18.7. The van der Waals surface area contributed by atoms with Crippen LogP contribution in [0.15, 0.2) is 45.9 Å². The van der Waals surface area contributed by atoms with Gasteiger partial charge in [-0.2, -0.15) is 5.10 Å². The summed E-state index contributed by atoms with van der Waals surface area (Å²) in [6.45, 7) is 2.88. The van der Waals surface area contributed by atoms with Gasteiger partial charge in [-0.3, -0.25) is 4.79 Å². The monoisotopic (exact) mass is 574 g/mol. The summed E-state index contributed by atoms with van der Waals surface area (Å²) in [5.74, 6) is 0.654. The second-order valence-electron chi connectivity index (χ2n) is 9.32. The average Bonchev–Trinajstić information content (AvgIpc) is 3.57. The number of para-hydroxylation sites is 1. The van der Waals surface area contributed by atoms with Crippen molar-refractivity contribution in [3.05, 3.63) is 63.9 Å². The lowest BCUT2D eigenvalue weighted by molar-refractivity contribution is -0.0702. The third-order valence-electron chi connectivity index (χ3n) is 6.70. The number of methoxy groups -OCH3 is 1. The fourth-order valence-corrected chi connectivity index (χ4v) is 6.42. The molecule has 4 heterocycles. The summed E-state index contributed by atoms with van der Waals surface area (Å²) in [7, 11) is -2.20. The Kier molecular flexibility index (Phi) is 8.14. The molecule has 1 aliphatic heterocycles. The van der Waals surface area contributed by atoms with Crippen LogP contribution in [0.25, 0.3) is 20.9 Å². The van der Waals surface area contributed by atoms with Crippen LogP contribution in [-0.4, -0.2) is 55.4 Å². The number of oxazole rings is 1. The molecule has 1 saturated heterocycles. The van der Waals surface area contributed by atoms with Crippen molar-refractivity contribution in [3.8, 4) is 16.5 Å². The Morgan fingerprint density at radius 2 is 2.03 bits per heavy atom. The van der Waals surface area contributed by atoms with E-state index in [2.05, 4.69) is 10.1 Å². The number of hydrogen-bond acceptors (Lipinski definition) is 10. The lowest BCUT2D eigenvalue weighted by Gasteiger charge is -2.29. The lowest BCUT2D eigenvalue weighted by atomic mass is 10.0. The molecular formula is C26H30N4O7S2. The van der Waals surface area contributed by atoms with Crippen molar-refractivity contribution >= 4 is 31.4 Å². The van der Waals surface area contributed by atoms with Gasteiger partial charge in [0.05, 0.1) is 58.5 Å². The summed E-state index contributed by atoms with van der Waals surface area (Å²) < 4.78 is 48.6. The molecule has 1 atom stereocenters. The number of thiophene rings is 1. The maximum atomic E-state index is 13.5. The predicted molar refractivity (Wildman–Crippen MR) is 146 cm³/mol. The minimum Gasteiger partial charge on any atom is -0.496 e. The molecule has 2 N–H and O–H groups in total. The number of fused-ring (bicyclic) bond motifs is 1. The zero-order valence-electron chi connectivity index (χ0n) is 21.7. The Hall–Kier alpha value is -3.10. The molecule has 5 rings (SSSR count). The van der Waals surface area contributed by atoms with Gasteiger partial charge in [-0.05, 0) is 31.4 Å². The molecule has 1 fully saturated rings. The smallest absolute Gasteiger partial charge is 0.275 e. The SMILES string of the molecule is COc1ccccc1[C@H](Cc1nn(CCS(N)(=O)=O)c(=O)c2c(C)c(-c3ncco3)sc12)OC1CCOCC1. The van der Waals surface area contributed by atoms with Crippen LogP contribution in [0.5, 0.6) is 5.75 Å². The first-order valence-electron chi connectivity index (χ1n) is 12.5. The fourth-order valence-electron chi connectivity index (χ4n) is 4.76. The summed E-state index contributed by atoms with van der Waals surface area (Å²) in [6.07, 6.45) is 4.38. The molecule has 1 aliphatic rings. The van der Waals surface area contributed by atoms with Crippen molar-refractivity contribution in [1.29, 1.82) is 0 Å². The number of nitrogens with two attached hydrogens (primary N) is 1. The van der Waals surface area contributed by atoms with Crippen LogP contribution in [-0.2, 0) is 32.5 Å². The van der Waals surface area contributed by atoms with E-state index in [4.69, 9.17) is 23.8 Å². The first kappa shape index (κ1) is 27.5. The molecule has 0 amide bonds. The maximum Gasteiger partial charge on any atom is 0.275 e. The summed E-state index contributed by atoms with van der Waals surface area (Å²) in [5, 5.41) is 10.3. The molecule has 39 heavy (non-hydrogen) atoms. The Morgan fingerprint density at radius 1 is 1.26 bits per heavy atom. The van der Waals surface area contributed by atoms with Crippen LogP contribution in [0.1, 0.15) is 35.8 Å². The van der Waals surface area contributed by atoms with Gasteiger partial charge in [0.25, 0.3) is 5.56 Å². The molecule has 208 valence electrons. The van der Waals surface area contributed by atoms with Gasteiger partial charge in [-0.1, -0.05) is 18.2 Å². The van der Waals surface area contributed by atoms with Crippen LogP contribution >= 0.6 is 11.3 Å². The van der Waals surface area contributed by atoms with Crippen molar-refractivity contribution in [1.82, 2.24) is 14.8 Å². The lowest BCUT2D eigenvalue weighted by Crippen LogP contribution is -2.30. The third-order valence-corrected chi connectivity index (χ3v) is 8.78. The highest BCUT2D eigenvalue weighted by atomic mass is 32.2. The Balaban J connectivity index is 1.64. The number of rotatable bonds is 10. The van der Waals surface area contributed by atoms with Crippen molar-refractivity contribution in [3.63, 3.8) is 0 Å². The zero-order chi connectivity index (χ0) is 27.6. The first-order valence-corrected chi connectivity index (χ1v) is 15.1. The molecule has 13 heteroatoms. The number of aromatic nitrogens is 3. The Labute approximate surface area is 229 Å². The predicted octanol–water partition coefficient (Wildman–Crippen LogP) is 3.20. The van der Waals surface area contributed by atoms with Gasteiger partial charge < -0.3 is 18.6 Å². The minimum atomic E-state index is -3.81. The second-order valence-corrected chi connectivity index (χ2v) is 12.1. The second kappa shape index (κ2) is 11.6. The maximum absolute atomic E-state index is 13.5. The number of hydrogen-bond donors (Lipinski definition) is 1. The van der Waals surface area contributed by atoms with Crippen LogP contribution < -0.4 is 15.4 Å². The van der Waals surface area contributed by atoms with E-state index in [-0.39, 0.29) is 12.6 Å². The van der Waals surface area contributed by atoms with Crippen molar-refractivity contribution in [2.75, 3.05) is 26.1 Å². The van der Waals surface area contributed by atoms with Gasteiger partial charge in [-0.25, -0.2) is 23.2 Å². The Morgan fingerprint density at radius 3 is 2.72 bits per heavy atom. The molecule has 11 nitrogen and oxygen atoms in total. The molecule has 4 aromatic rings. The van der Waals surface area contributed by atoms with Gasteiger partial charge >= 0.3 is 0 Å². The van der Waals surface area contributed by atoms with E-state index in [1.807, 2.05) is 31.2 Å². The van der Waals surface area contributed by atoms with Crippen LogP contribution in [0.3, 0.4) is 0 Å². The van der Waals surface area contributed by atoms with E-state index in [9.17, 15) is 13.2 Å². The highest BCUT2D eigenvalue weighted by molar-refractivity contribution is 7.89. The van der Waals surface area contributed by atoms with Crippen LogP contribution in [0.4, 0.5) is 0 Å². The van der Waals surface area contributed by atoms with Gasteiger partial charge in [-0.15, -0.1) is 11.3 Å². The average molecular weight is 575 g/mol. The number of ether oxygens (including phenoxy) is 3. The molecule has 3 aromatic heterocycles. The third kappa shape index (κ3) is 6.07. The van der Waals surface area contributed by atoms with Crippen molar-refractivity contribution in [2.24, 2.45) is 5.14 Å². The number of primary sulfonamides is 1. The minimum absolute atomic E-state index is 0.0228. The zero-order valence-corrected chi connectivity index (χ0v) is 23.3. The van der Waals surface area contributed by atoms with E-state index in [0.717, 1.165) is 18.4 Å². The largest absolute Gasteiger partial charge is 0.496 e. The summed E-state index contributed by atoms with van der Waals surface area (Å²) in [4.78, 5) is 18.5. The molecule has 0 spiro atoms. The van der Waals surface area contributed by atoms with Crippen molar-refractivity contribution < 1.29 is 27.0 Å². The van der Waals surface area contributed by atoms with E-state index in [1.54, 1.807) is 13.3 Å². The standard InChI is InChI=1S/C26H30N4O7S2/c1-16-22-24(38-23(16)25-28-9-13-36-25)19(29-30(26(22)31)10-14-39(27,32)33)15-21(37-17-7-11-35-12-8-17)18-5-3-4-6-20(18)34-2/h3-6,9,13,17,21H,7-8,10-12,14-15H2,1-2H3,(H2,27,32,33)/t21-/m0/s1. The number of sulfonamides is 1. The van der Waals surface area contributed by atoms with Crippen LogP contribution in [0, 0.1) is 6.92 Å². The quantitative estimate of drug-likeness (QED) is 0.301. The van der Waals surface area contributed by atoms with Crippen molar-refractivity contribution in [2.45, 2.75) is 44.9 Å². The topological polar surface area (TPSA) is 149 Å². The summed E-state index contributed by atoms with van der Waals surface area (Å²) >= 11 is 1.37. The highest BCUT2D eigenvalue weighted by Gasteiger charge is 2.28. The van der Waals surface area contributed by atoms with E-state index < -0.39 is 27.4 Å². The summed E-state index contributed by atoms with van der Waals surface area (Å²) in [6, 6.07) is 7.64. The molecule has 0 radical (unpaired) electrons. The number of benzene rings is 1. The van der Waals surface area contributed by atoms with Gasteiger partial charge in [0, 0.05) is 25.2 Å². The molecule has 1 aromatic carbocycles.